The predicted octanol–water partition coefficient (Wildman–Crippen LogP) is 2.30. The second kappa shape index (κ2) is 7.44. The first-order valence-corrected chi connectivity index (χ1v) is 6.10. The highest BCUT2D eigenvalue weighted by molar-refractivity contribution is 6.28. The summed E-state index contributed by atoms with van der Waals surface area (Å²) in [6.07, 6.45) is -4.48. The molecule has 6 nitrogen and oxygen atoms in total. The number of hydrogen-bond acceptors (Lipinski definition) is 6. The fraction of sp³-hybridized carbons (Fsp3) is 0.700. The van der Waals surface area contributed by atoms with Crippen molar-refractivity contribution < 1.29 is 22.6 Å². The van der Waals surface area contributed by atoms with Gasteiger partial charge in [-0.3, -0.25) is 0 Å². The minimum atomic E-state index is -4.34. The molecule has 0 aliphatic rings. The summed E-state index contributed by atoms with van der Waals surface area (Å²) in [5.41, 5.74) is 0. The van der Waals surface area contributed by atoms with Crippen molar-refractivity contribution in [2.24, 2.45) is 0 Å². The van der Waals surface area contributed by atoms with E-state index in [0.717, 1.165) is 0 Å². The molecular weight excluding hydrogens is 301 g/mol. The molecule has 1 aromatic rings. The Morgan fingerprint density at radius 2 is 1.95 bits per heavy atom. The summed E-state index contributed by atoms with van der Waals surface area (Å²) in [4.78, 5) is 11.4. The largest absolute Gasteiger partial charge is 0.461 e. The zero-order chi connectivity index (χ0) is 15.2. The number of anilines is 1. The van der Waals surface area contributed by atoms with Crippen LogP contribution in [0.15, 0.2) is 0 Å². The van der Waals surface area contributed by atoms with Crippen LogP contribution in [-0.2, 0) is 4.74 Å². The highest BCUT2D eigenvalue weighted by Gasteiger charge is 2.27. The van der Waals surface area contributed by atoms with Crippen LogP contribution in [0.5, 0.6) is 6.01 Å². The van der Waals surface area contributed by atoms with Crippen LogP contribution >= 0.6 is 11.6 Å². The maximum absolute atomic E-state index is 11.8. The van der Waals surface area contributed by atoms with E-state index in [-0.39, 0.29) is 36.5 Å². The summed E-state index contributed by atoms with van der Waals surface area (Å²) in [6.45, 7) is 2.22. The number of hydrogen-bond donors (Lipinski definition) is 1. The summed E-state index contributed by atoms with van der Waals surface area (Å²) in [5, 5.41) is 2.59. The molecule has 0 atom stereocenters. The van der Waals surface area contributed by atoms with Crippen LogP contribution in [-0.4, -0.2) is 47.0 Å². The number of aromatic nitrogens is 3. The Balaban J connectivity index is 2.41. The van der Waals surface area contributed by atoms with E-state index in [2.05, 4.69) is 25.0 Å². The van der Waals surface area contributed by atoms with Gasteiger partial charge in [0.15, 0.2) is 0 Å². The molecule has 1 N–H and O–H groups in total. The minimum Gasteiger partial charge on any atom is -0.461 e. The molecule has 0 bridgehead atoms. The second-order valence-corrected chi connectivity index (χ2v) is 4.31. The Kier molecular flexibility index (Phi) is 6.21. The summed E-state index contributed by atoms with van der Waals surface area (Å²) >= 11 is 5.67. The first kappa shape index (κ1) is 16.7. The molecule has 0 unspecified atom stereocenters. The standard InChI is InChI=1S/C10H14ClF3N4O2/c1-6(2)20-9-17-7(11)16-8(18-9)15-3-4-19-5-10(12,13)14/h6H,3-5H2,1-2H3,(H,15,16,17,18). The van der Waals surface area contributed by atoms with E-state index < -0.39 is 12.8 Å². The van der Waals surface area contributed by atoms with Crippen molar-refractivity contribution >= 4 is 17.5 Å². The van der Waals surface area contributed by atoms with Gasteiger partial charge in [0.25, 0.3) is 0 Å². The maximum atomic E-state index is 11.8. The fourth-order valence-corrected chi connectivity index (χ4v) is 1.25. The normalized spacial score (nSPS) is 11.8. The molecule has 10 heteroatoms. The highest BCUT2D eigenvalue weighted by atomic mass is 35.5. The van der Waals surface area contributed by atoms with Crippen LogP contribution in [0, 0.1) is 0 Å². The third kappa shape index (κ3) is 7.29. The van der Waals surface area contributed by atoms with Gasteiger partial charge in [-0.05, 0) is 25.4 Å². The van der Waals surface area contributed by atoms with Crippen LogP contribution in [0.4, 0.5) is 19.1 Å². The van der Waals surface area contributed by atoms with Crippen molar-refractivity contribution in [3.8, 4) is 6.01 Å². The van der Waals surface area contributed by atoms with E-state index in [1.165, 1.54) is 0 Å². The number of nitrogens with zero attached hydrogens (tertiary/aromatic N) is 3. The minimum absolute atomic E-state index is 0.0405. The van der Waals surface area contributed by atoms with E-state index in [1.54, 1.807) is 13.8 Å². The lowest BCUT2D eigenvalue weighted by Gasteiger charge is -2.10. The molecule has 0 aliphatic carbocycles. The van der Waals surface area contributed by atoms with Gasteiger partial charge in [0.05, 0.1) is 12.7 Å². The quantitative estimate of drug-likeness (QED) is 0.779. The van der Waals surface area contributed by atoms with Crippen LogP contribution < -0.4 is 10.1 Å². The Bertz CT molecular complexity index is 431. The first-order valence-electron chi connectivity index (χ1n) is 5.73. The van der Waals surface area contributed by atoms with Gasteiger partial charge in [-0.2, -0.15) is 28.1 Å². The van der Waals surface area contributed by atoms with Gasteiger partial charge < -0.3 is 14.8 Å². The van der Waals surface area contributed by atoms with Crippen LogP contribution in [0.3, 0.4) is 0 Å². The summed E-state index contributed by atoms with van der Waals surface area (Å²) in [7, 11) is 0. The zero-order valence-electron chi connectivity index (χ0n) is 10.9. The van der Waals surface area contributed by atoms with Crippen LogP contribution in [0.1, 0.15) is 13.8 Å². The van der Waals surface area contributed by atoms with Gasteiger partial charge in [-0.25, -0.2) is 0 Å². The first-order chi connectivity index (χ1) is 9.26. The maximum Gasteiger partial charge on any atom is 0.411 e. The monoisotopic (exact) mass is 314 g/mol. The van der Waals surface area contributed by atoms with Crippen molar-refractivity contribution in [1.82, 2.24) is 15.0 Å². The third-order valence-electron chi connectivity index (χ3n) is 1.72. The molecule has 0 radical (unpaired) electrons. The van der Waals surface area contributed by atoms with Crippen LogP contribution in [0.25, 0.3) is 0 Å². The summed E-state index contributed by atoms with van der Waals surface area (Å²) in [5.74, 6) is 0.108. The van der Waals surface area contributed by atoms with Crippen molar-refractivity contribution in [2.45, 2.75) is 26.1 Å². The molecule has 0 saturated heterocycles. The van der Waals surface area contributed by atoms with Gasteiger partial charge in [-0.15, -0.1) is 0 Å². The third-order valence-corrected chi connectivity index (χ3v) is 1.89. The lowest BCUT2D eigenvalue weighted by molar-refractivity contribution is -0.172. The van der Waals surface area contributed by atoms with Crippen molar-refractivity contribution in [3.63, 3.8) is 0 Å². The van der Waals surface area contributed by atoms with Crippen molar-refractivity contribution in [1.29, 1.82) is 0 Å². The molecule has 0 spiro atoms. The molecule has 1 heterocycles. The van der Waals surface area contributed by atoms with Crippen molar-refractivity contribution in [2.75, 3.05) is 25.1 Å². The Labute approximate surface area is 118 Å². The summed E-state index contributed by atoms with van der Waals surface area (Å²) < 4.78 is 45.1. The van der Waals surface area contributed by atoms with E-state index in [9.17, 15) is 13.2 Å². The molecule has 114 valence electrons. The predicted molar refractivity (Wildman–Crippen MR) is 66.0 cm³/mol. The van der Waals surface area contributed by atoms with Gasteiger partial charge in [0.1, 0.15) is 6.61 Å². The summed E-state index contributed by atoms with van der Waals surface area (Å²) in [6, 6.07) is 0.0405. The number of halogens is 4. The molecule has 0 aromatic carbocycles. The SMILES string of the molecule is CC(C)Oc1nc(Cl)nc(NCCOCC(F)(F)F)n1. The van der Waals surface area contributed by atoms with E-state index in [0.29, 0.717) is 0 Å². The number of rotatable bonds is 7. The van der Waals surface area contributed by atoms with Gasteiger partial charge in [0.2, 0.25) is 11.2 Å². The average molecular weight is 315 g/mol. The number of alkyl halides is 3. The average Bonchev–Trinajstić information content (AvgIpc) is 2.25. The Hall–Kier alpha value is -1.35. The highest BCUT2D eigenvalue weighted by Crippen LogP contribution is 2.14. The molecule has 0 saturated carbocycles. The molecule has 20 heavy (non-hydrogen) atoms. The zero-order valence-corrected chi connectivity index (χ0v) is 11.6. The fourth-order valence-electron chi connectivity index (χ4n) is 1.10. The van der Waals surface area contributed by atoms with Crippen molar-refractivity contribution in [3.05, 3.63) is 5.28 Å². The topological polar surface area (TPSA) is 69.2 Å². The van der Waals surface area contributed by atoms with E-state index in [1.807, 2.05) is 0 Å². The molecule has 0 aliphatic heterocycles. The van der Waals surface area contributed by atoms with E-state index in [4.69, 9.17) is 16.3 Å². The molecule has 1 aromatic heterocycles. The van der Waals surface area contributed by atoms with Crippen LogP contribution in [0.2, 0.25) is 5.28 Å². The van der Waals surface area contributed by atoms with E-state index >= 15 is 0 Å². The van der Waals surface area contributed by atoms with Gasteiger partial charge in [0, 0.05) is 6.54 Å². The lowest BCUT2D eigenvalue weighted by Crippen LogP contribution is -2.20. The van der Waals surface area contributed by atoms with Gasteiger partial charge >= 0.3 is 12.2 Å². The van der Waals surface area contributed by atoms with Gasteiger partial charge in [-0.1, -0.05) is 0 Å². The molecule has 0 fully saturated rings. The Morgan fingerprint density at radius 3 is 2.55 bits per heavy atom. The molecule has 0 amide bonds. The number of nitrogens with one attached hydrogen (secondary N) is 1. The number of ether oxygens (including phenoxy) is 2. The Morgan fingerprint density at radius 1 is 1.25 bits per heavy atom. The molecule has 1 rings (SSSR count). The second-order valence-electron chi connectivity index (χ2n) is 3.97. The lowest BCUT2D eigenvalue weighted by atomic mass is 10.5. The molecular formula is C10H14ClF3N4O2. The smallest absolute Gasteiger partial charge is 0.411 e.